The summed E-state index contributed by atoms with van der Waals surface area (Å²) in [7, 11) is 0. The van der Waals surface area contributed by atoms with E-state index >= 15 is 0 Å². The molecule has 1 amide bonds. The summed E-state index contributed by atoms with van der Waals surface area (Å²) in [5, 5.41) is 8.81. The smallest absolute Gasteiger partial charge is 0.274 e. The summed E-state index contributed by atoms with van der Waals surface area (Å²) in [4.78, 5) is 14.2. The highest BCUT2D eigenvalue weighted by Gasteiger charge is 2.42. The average molecular weight is 322 g/mol. The molecule has 0 aromatic heterocycles. The summed E-state index contributed by atoms with van der Waals surface area (Å²) in [6.07, 6.45) is 3.32. The highest BCUT2D eigenvalue weighted by Crippen LogP contribution is 2.44. The maximum Gasteiger partial charge on any atom is 0.274 e. The lowest BCUT2D eigenvalue weighted by Gasteiger charge is -2.23. The van der Waals surface area contributed by atoms with E-state index in [1.165, 1.54) is 23.1 Å². The van der Waals surface area contributed by atoms with Gasteiger partial charge in [-0.1, -0.05) is 36.4 Å². The lowest BCUT2D eigenvalue weighted by molar-refractivity contribution is 0.0706. The van der Waals surface area contributed by atoms with Crippen LogP contribution in [0.3, 0.4) is 0 Å². The van der Waals surface area contributed by atoms with Crippen molar-refractivity contribution < 1.29 is 10.0 Å². The van der Waals surface area contributed by atoms with Crippen LogP contribution in [-0.4, -0.2) is 29.1 Å². The van der Waals surface area contributed by atoms with Crippen molar-refractivity contribution >= 4 is 5.91 Å². The Balaban J connectivity index is 1.47. The van der Waals surface area contributed by atoms with Gasteiger partial charge in [-0.05, 0) is 60.0 Å². The number of hydroxylamine groups is 1. The Labute approximate surface area is 142 Å². The molecule has 2 aromatic carbocycles. The number of carbonyl (C=O) groups is 1. The van der Waals surface area contributed by atoms with Crippen LogP contribution < -0.4 is 5.48 Å². The van der Waals surface area contributed by atoms with E-state index in [2.05, 4.69) is 41.3 Å². The number of hydrogen-bond donors (Lipinski definition) is 2. The molecule has 1 atom stereocenters. The number of nitrogens with one attached hydrogen (secondary N) is 1. The second-order valence-electron chi connectivity index (χ2n) is 7.22. The molecule has 0 unspecified atom stereocenters. The normalized spacial score (nSPS) is 22.7. The van der Waals surface area contributed by atoms with Crippen LogP contribution in [0.1, 0.15) is 33.5 Å². The van der Waals surface area contributed by atoms with Crippen LogP contribution in [0.4, 0.5) is 0 Å². The standard InChI is InChI=1S/C20H22N2O2/c23-19(21-24)16-6-7-17-11-20(12-18(17)10-16)8-9-22(14-20)13-15-4-2-1-3-5-15/h1-7,10,24H,8-9,11-14H2,(H,21,23)/t20-/m0/s1. The molecule has 24 heavy (non-hydrogen) atoms. The van der Waals surface area contributed by atoms with Crippen molar-refractivity contribution in [1.82, 2.24) is 10.4 Å². The van der Waals surface area contributed by atoms with Gasteiger partial charge in [0.15, 0.2) is 0 Å². The molecule has 2 N–H and O–H groups in total. The van der Waals surface area contributed by atoms with Gasteiger partial charge in [0.2, 0.25) is 0 Å². The summed E-state index contributed by atoms with van der Waals surface area (Å²) in [5.74, 6) is -0.434. The second kappa shape index (κ2) is 6.04. The van der Waals surface area contributed by atoms with Crippen molar-refractivity contribution in [3.8, 4) is 0 Å². The fourth-order valence-corrected chi connectivity index (χ4v) is 4.33. The zero-order valence-corrected chi connectivity index (χ0v) is 13.7. The first-order valence-electron chi connectivity index (χ1n) is 8.50. The third kappa shape index (κ3) is 2.83. The minimum atomic E-state index is -0.434. The number of likely N-dealkylation sites (tertiary alicyclic amines) is 1. The molecular weight excluding hydrogens is 300 g/mol. The molecule has 4 rings (SSSR count). The number of fused-ring (bicyclic) bond motifs is 1. The number of benzene rings is 2. The SMILES string of the molecule is O=C(NO)c1ccc2c(c1)C[C@]1(CCN(Cc3ccccc3)C1)C2. The number of rotatable bonds is 3. The largest absolute Gasteiger partial charge is 0.298 e. The van der Waals surface area contributed by atoms with Crippen LogP contribution in [0.25, 0.3) is 0 Å². The van der Waals surface area contributed by atoms with Crippen LogP contribution >= 0.6 is 0 Å². The molecule has 0 radical (unpaired) electrons. The molecule has 1 aliphatic heterocycles. The van der Waals surface area contributed by atoms with Gasteiger partial charge in [-0.2, -0.15) is 0 Å². The van der Waals surface area contributed by atoms with Crippen LogP contribution in [0.2, 0.25) is 0 Å². The Hall–Kier alpha value is -2.17. The maximum atomic E-state index is 11.6. The predicted octanol–water partition coefficient (Wildman–Crippen LogP) is 2.80. The van der Waals surface area contributed by atoms with Gasteiger partial charge in [0, 0.05) is 18.7 Å². The zero-order valence-electron chi connectivity index (χ0n) is 13.7. The van der Waals surface area contributed by atoms with Crippen LogP contribution in [0.15, 0.2) is 48.5 Å². The Bertz CT molecular complexity index is 759. The van der Waals surface area contributed by atoms with Gasteiger partial charge in [-0.3, -0.25) is 14.9 Å². The minimum absolute atomic E-state index is 0.311. The summed E-state index contributed by atoms with van der Waals surface area (Å²) < 4.78 is 0. The van der Waals surface area contributed by atoms with Gasteiger partial charge in [-0.15, -0.1) is 0 Å². The number of amides is 1. The minimum Gasteiger partial charge on any atom is -0.298 e. The molecule has 1 spiro atoms. The van der Waals surface area contributed by atoms with Crippen molar-refractivity contribution in [2.45, 2.75) is 25.8 Å². The predicted molar refractivity (Wildman–Crippen MR) is 91.9 cm³/mol. The molecule has 2 aliphatic rings. The quantitative estimate of drug-likeness (QED) is 0.675. The Morgan fingerprint density at radius 1 is 1.12 bits per heavy atom. The topological polar surface area (TPSA) is 52.6 Å². The molecule has 2 aromatic rings. The van der Waals surface area contributed by atoms with Crippen molar-refractivity contribution in [2.24, 2.45) is 5.41 Å². The Morgan fingerprint density at radius 3 is 2.71 bits per heavy atom. The molecule has 1 fully saturated rings. The average Bonchev–Trinajstić information content (AvgIpc) is 3.16. The molecule has 4 heteroatoms. The van der Waals surface area contributed by atoms with Crippen LogP contribution in [-0.2, 0) is 19.4 Å². The number of nitrogens with zero attached hydrogens (tertiary/aromatic N) is 1. The molecule has 1 aliphatic carbocycles. The lowest BCUT2D eigenvalue weighted by Crippen LogP contribution is -2.27. The van der Waals surface area contributed by atoms with E-state index in [0.717, 1.165) is 32.5 Å². The molecule has 124 valence electrons. The molecular formula is C20H22N2O2. The van der Waals surface area contributed by atoms with Gasteiger partial charge < -0.3 is 0 Å². The summed E-state index contributed by atoms with van der Waals surface area (Å²) in [6.45, 7) is 3.25. The fourth-order valence-electron chi connectivity index (χ4n) is 4.33. The number of hydrogen-bond acceptors (Lipinski definition) is 3. The van der Waals surface area contributed by atoms with E-state index in [0.29, 0.717) is 11.0 Å². The first-order chi connectivity index (χ1) is 11.7. The third-order valence-corrected chi connectivity index (χ3v) is 5.47. The summed E-state index contributed by atoms with van der Waals surface area (Å²) >= 11 is 0. The van der Waals surface area contributed by atoms with E-state index < -0.39 is 5.91 Å². The zero-order chi connectivity index (χ0) is 16.6. The van der Waals surface area contributed by atoms with E-state index in [1.807, 2.05) is 6.07 Å². The van der Waals surface area contributed by atoms with E-state index in [9.17, 15) is 4.79 Å². The summed E-state index contributed by atoms with van der Waals surface area (Å²) in [6, 6.07) is 16.4. The van der Waals surface area contributed by atoms with Crippen molar-refractivity contribution in [1.29, 1.82) is 0 Å². The van der Waals surface area contributed by atoms with Crippen LogP contribution in [0, 0.1) is 5.41 Å². The van der Waals surface area contributed by atoms with E-state index in [4.69, 9.17) is 5.21 Å². The number of carbonyl (C=O) groups excluding carboxylic acids is 1. The van der Waals surface area contributed by atoms with E-state index in [-0.39, 0.29) is 0 Å². The molecule has 1 heterocycles. The molecule has 4 nitrogen and oxygen atoms in total. The first-order valence-corrected chi connectivity index (χ1v) is 8.50. The van der Waals surface area contributed by atoms with Gasteiger partial charge in [0.25, 0.3) is 5.91 Å². The van der Waals surface area contributed by atoms with Gasteiger partial charge >= 0.3 is 0 Å². The van der Waals surface area contributed by atoms with Gasteiger partial charge in [0.05, 0.1) is 0 Å². The summed E-state index contributed by atoms with van der Waals surface area (Å²) in [5.41, 5.74) is 6.55. The van der Waals surface area contributed by atoms with E-state index in [1.54, 1.807) is 11.5 Å². The first kappa shape index (κ1) is 15.4. The molecule has 0 saturated carbocycles. The Morgan fingerprint density at radius 2 is 1.92 bits per heavy atom. The van der Waals surface area contributed by atoms with Crippen molar-refractivity contribution in [3.63, 3.8) is 0 Å². The van der Waals surface area contributed by atoms with Gasteiger partial charge in [-0.25, -0.2) is 5.48 Å². The van der Waals surface area contributed by atoms with Gasteiger partial charge in [0.1, 0.15) is 0 Å². The highest BCUT2D eigenvalue weighted by atomic mass is 16.5. The second-order valence-corrected chi connectivity index (χ2v) is 7.22. The highest BCUT2D eigenvalue weighted by molar-refractivity contribution is 5.93. The van der Waals surface area contributed by atoms with Crippen LogP contribution in [0.5, 0.6) is 0 Å². The maximum absolute atomic E-state index is 11.6. The molecule has 1 saturated heterocycles. The Kier molecular flexibility index (Phi) is 3.87. The third-order valence-electron chi connectivity index (χ3n) is 5.47. The van der Waals surface area contributed by atoms with Crippen molar-refractivity contribution in [2.75, 3.05) is 13.1 Å². The fraction of sp³-hybridized carbons (Fsp3) is 0.350. The molecule has 0 bridgehead atoms. The lowest BCUT2D eigenvalue weighted by atomic mass is 9.84. The monoisotopic (exact) mass is 322 g/mol. The van der Waals surface area contributed by atoms with Crippen molar-refractivity contribution in [3.05, 3.63) is 70.8 Å².